The fourth-order valence-electron chi connectivity index (χ4n) is 1.22. The highest BCUT2D eigenvalue weighted by Gasteiger charge is 2.12. The van der Waals surface area contributed by atoms with Crippen LogP contribution in [-0.4, -0.2) is 34.8 Å². The molecule has 2 N–H and O–H groups in total. The summed E-state index contributed by atoms with van der Waals surface area (Å²) in [5.41, 5.74) is 6.22. The van der Waals surface area contributed by atoms with E-state index in [4.69, 9.17) is 5.73 Å². The highest BCUT2D eigenvalue weighted by atomic mass is 32.2. The molecule has 1 rings (SSSR count). The van der Waals surface area contributed by atoms with Crippen LogP contribution in [0.5, 0.6) is 0 Å². The van der Waals surface area contributed by atoms with Crippen LogP contribution in [0.3, 0.4) is 0 Å². The van der Waals surface area contributed by atoms with E-state index in [-0.39, 0.29) is 12.3 Å². The van der Waals surface area contributed by atoms with Crippen molar-refractivity contribution in [2.24, 2.45) is 5.73 Å². The average molecular weight is 228 g/mol. The third-order valence-electron chi connectivity index (χ3n) is 2.10. The molecule has 0 atom stereocenters. The lowest BCUT2D eigenvalue weighted by Gasteiger charge is -2.12. The monoisotopic (exact) mass is 228 g/mol. The maximum absolute atomic E-state index is 11.6. The third kappa shape index (κ3) is 2.94. The first-order chi connectivity index (χ1) is 6.97. The Hall–Kier alpha value is -1.07. The van der Waals surface area contributed by atoms with Gasteiger partial charge in [0, 0.05) is 26.3 Å². The number of sulfone groups is 1. The lowest BCUT2D eigenvalue weighted by atomic mass is 10.3. The number of benzene rings is 1. The van der Waals surface area contributed by atoms with Gasteiger partial charge in [-0.3, -0.25) is 0 Å². The minimum Gasteiger partial charge on any atom is -0.378 e. The molecule has 0 aliphatic carbocycles. The van der Waals surface area contributed by atoms with Crippen molar-refractivity contribution < 1.29 is 8.42 Å². The smallest absolute Gasteiger partial charge is 0.179 e. The molecule has 0 fully saturated rings. The fourth-order valence-corrected chi connectivity index (χ4v) is 2.32. The van der Waals surface area contributed by atoms with E-state index in [2.05, 4.69) is 0 Å². The van der Waals surface area contributed by atoms with Crippen LogP contribution in [0, 0.1) is 0 Å². The second kappa shape index (κ2) is 4.63. The van der Waals surface area contributed by atoms with Gasteiger partial charge in [-0.1, -0.05) is 0 Å². The summed E-state index contributed by atoms with van der Waals surface area (Å²) in [6.07, 6.45) is 0. The predicted octanol–water partition coefficient (Wildman–Crippen LogP) is 0.485. The van der Waals surface area contributed by atoms with Crippen molar-refractivity contribution >= 4 is 15.5 Å². The molecule has 0 saturated carbocycles. The largest absolute Gasteiger partial charge is 0.378 e. The zero-order valence-corrected chi connectivity index (χ0v) is 9.79. The molecule has 0 aliphatic rings. The number of rotatable bonds is 4. The number of anilines is 1. The molecule has 0 aromatic heterocycles. The summed E-state index contributed by atoms with van der Waals surface area (Å²) >= 11 is 0. The van der Waals surface area contributed by atoms with Crippen molar-refractivity contribution in [3.63, 3.8) is 0 Å². The van der Waals surface area contributed by atoms with E-state index in [1.807, 2.05) is 19.0 Å². The van der Waals surface area contributed by atoms with Crippen molar-refractivity contribution in [2.45, 2.75) is 4.90 Å². The predicted molar refractivity (Wildman–Crippen MR) is 61.9 cm³/mol. The highest BCUT2D eigenvalue weighted by molar-refractivity contribution is 7.91. The average Bonchev–Trinajstić information content (AvgIpc) is 2.18. The maximum atomic E-state index is 11.6. The Kier molecular flexibility index (Phi) is 3.71. The molecule has 0 bridgehead atoms. The molecule has 0 saturated heterocycles. The van der Waals surface area contributed by atoms with Crippen molar-refractivity contribution in [1.82, 2.24) is 0 Å². The molecule has 0 spiro atoms. The molecule has 0 radical (unpaired) electrons. The van der Waals surface area contributed by atoms with Gasteiger partial charge < -0.3 is 10.6 Å². The van der Waals surface area contributed by atoms with Gasteiger partial charge in [0.25, 0.3) is 0 Å². The molecule has 0 aliphatic heterocycles. The van der Waals surface area contributed by atoms with Gasteiger partial charge in [-0.2, -0.15) is 0 Å². The van der Waals surface area contributed by atoms with Crippen LogP contribution in [0.4, 0.5) is 5.69 Å². The molecule has 0 heterocycles. The molecule has 84 valence electrons. The van der Waals surface area contributed by atoms with Crippen LogP contribution < -0.4 is 10.6 Å². The Balaban J connectivity index is 2.99. The summed E-state index contributed by atoms with van der Waals surface area (Å²) in [6, 6.07) is 6.79. The lowest BCUT2D eigenvalue weighted by molar-refractivity contribution is 0.596. The first-order valence-electron chi connectivity index (χ1n) is 4.67. The molecule has 4 nitrogen and oxygen atoms in total. The van der Waals surface area contributed by atoms with E-state index in [0.29, 0.717) is 4.90 Å². The van der Waals surface area contributed by atoms with Crippen molar-refractivity contribution in [2.75, 3.05) is 31.3 Å². The molecule has 0 unspecified atom stereocenters. The zero-order valence-electron chi connectivity index (χ0n) is 8.97. The van der Waals surface area contributed by atoms with Crippen LogP contribution in [0.15, 0.2) is 29.2 Å². The summed E-state index contributed by atoms with van der Waals surface area (Å²) < 4.78 is 23.2. The zero-order chi connectivity index (χ0) is 11.5. The topological polar surface area (TPSA) is 63.4 Å². The normalized spacial score (nSPS) is 11.4. The molecule has 15 heavy (non-hydrogen) atoms. The van der Waals surface area contributed by atoms with Gasteiger partial charge >= 0.3 is 0 Å². The lowest BCUT2D eigenvalue weighted by Crippen LogP contribution is -2.16. The van der Waals surface area contributed by atoms with Gasteiger partial charge in [0.1, 0.15) is 0 Å². The Morgan fingerprint density at radius 2 is 1.73 bits per heavy atom. The molecular formula is C10H16N2O2S. The SMILES string of the molecule is CN(C)c1ccc(S(=O)(=O)CCN)cc1. The van der Waals surface area contributed by atoms with Crippen LogP contribution in [0.25, 0.3) is 0 Å². The standard InChI is InChI=1S/C10H16N2O2S/c1-12(2)9-3-5-10(6-4-9)15(13,14)8-7-11/h3-6H,7-8,11H2,1-2H3. The number of hydrogen-bond acceptors (Lipinski definition) is 4. The van der Waals surface area contributed by atoms with Crippen molar-refractivity contribution in [3.8, 4) is 0 Å². The fraction of sp³-hybridized carbons (Fsp3) is 0.400. The summed E-state index contributed by atoms with van der Waals surface area (Å²) in [5.74, 6) is -0.00564. The quantitative estimate of drug-likeness (QED) is 0.814. The Morgan fingerprint density at radius 3 is 2.13 bits per heavy atom. The molecular weight excluding hydrogens is 212 g/mol. The summed E-state index contributed by atoms with van der Waals surface area (Å²) in [5, 5.41) is 0. The van der Waals surface area contributed by atoms with Gasteiger partial charge in [0.2, 0.25) is 0 Å². The summed E-state index contributed by atoms with van der Waals surface area (Å²) in [4.78, 5) is 2.25. The van der Waals surface area contributed by atoms with Gasteiger partial charge in [-0.15, -0.1) is 0 Å². The van der Waals surface area contributed by atoms with E-state index in [1.54, 1.807) is 24.3 Å². The van der Waals surface area contributed by atoms with E-state index in [9.17, 15) is 8.42 Å². The Bertz CT molecular complexity index is 410. The highest BCUT2D eigenvalue weighted by Crippen LogP contribution is 2.16. The van der Waals surface area contributed by atoms with Crippen LogP contribution >= 0.6 is 0 Å². The first kappa shape index (κ1) is 12.0. The molecule has 5 heteroatoms. The first-order valence-corrected chi connectivity index (χ1v) is 6.33. The van der Waals surface area contributed by atoms with Crippen LogP contribution in [-0.2, 0) is 9.84 Å². The van der Waals surface area contributed by atoms with E-state index < -0.39 is 9.84 Å². The van der Waals surface area contributed by atoms with Crippen LogP contribution in [0.1, 0.15) is 0 Å². The molecule has 1 aromatic carbocycles. The van der Waals surface area contributed by atoms with Crippen molar-refractivity contribution in [1.29, 1.82) is 0 Å². The third-order valence-corrected chi connectivity index (χ3v) is 3.86. The second-order valence-corrected chi connectivity index (χ2v) is 5.61. The van der Waals surface area contributed by atoms with Crippen molar-refractivity contribution in [3.05, 3.63) is 24.3 Å². The number of hydrogen-bond donors (Lipinski definition) is 1. The summed E-state index contributed by atoms with van der Waals surface area (Å²) in [6.45, 7) is 0.151. The van der Waals surface area contributed by atoms with Gasteiger partial charge in [-0.05, 0) is 24.3 Å². The van der Waals surface area contributed by atoms with Gasteiger partial charge in [-0.25, -0.2) is 8.42 Å². The maximum Gasteiger partial charge on any atom is 0.179 e. The minimum absolute atomic E-state index is 0.00564. The molecule has 1 aromatic rings. The van der Waals surface area contributed by atoms with E-state index >= 15 is 0 Å². The Morgan fingerprint density at radius 1 is 1.20 bits per heavy atom. The van der Waals surface area contributed by atoms with E-state index in [0.717, 1.165) is 5.69 Å². The minimum atomic E-state index is -3.20. The number of nitrogens with two attached hydrogens (primary N) is 1. The number of nitrogens with zero attached hydrogens (tertiary/aromatic N) is 1. The van der Waals surface area contributed by atoms with Gasteiger partial charge in [0.05, 0.1) is 10.6 Å². The Labute approximate surface area is 90.6 Å². The van der Waals surface area contributed by atoms with Crippen LogP contribution in [0.2, 0.25) is 0 Å². The second-order valence-electron chi connectivity index (χ2n) is 3.50. The van der Waals surface area contributed by atoms with Gasteiger partial charge in [0.15, 0.2) is 9.84 Å². The molecule has 0 amide bonds. The van der Waals surface area contributed by atoms with E-state index in [1.165, 1.54) is 0 Å². The summed E-state index contributed by atoms with van der Waals surface area (Å²) in [7, 11) is 0.616.